The van der Waals surface area contributed by atoms with Gasteiger partial charge < -0.3 is 15.2 Å². The van der Waals surface area contributed by atoms with E-state index < -0.39 is 11.9 Å². The summed E-state index contributed by atoms with van der Waals surface area (Å²) in [7, 11) is 2.54. The number of methoxy groups -OCH3 is 2. The molecule has 1 aromatic carbocycles. The van der Waals surface area contributed by atoms with E-state index in [0.29, 0.717) is 22.2 Å². The van der Waals surface area contributed by atoms with Gasteiger partial charge in [-0.05, 0) is 19.1 Å². The minimum Gasteiger partial charge on any atom is -0.465 e. The molecule has 0 aliphatic heterocycles. The van der Waals surface area contributed by atoms with E-state index in [4.69, 9.17) is 20.2 Å². The molecule has 0 amide bonds. The van der Waals surface area contributed by atoms with E-state index in [1.165, 1.54) is 26.0 Å². The second kappa shape index (κ2) is 7.92. The van der Waals surface area contributed by atoms with Gasteiger partial charge in [-0.2, -0.15) is 4.52 Å². The fraction of sp³-hybridized carbons (Fsp3) is 0.211. The van der Waals surface area contributed by atoms with Crippen molar-refractivity contribution in [3.05, 3.63) is 46.1 Å². The third-order valence-corrected chi connectivity index (χ3v) is 6.39. The van der Waals surface area contributed by atoms with E-state index in [9.17, 15) is 9.59 Å². The maximum Gasteiger partial charge on any atom is 0.348 e. The maximum absolute atomic E-state index is 12.3. The molecule has 3 heterocycles. The molecule has 4 rings (SSSR count). The van der Waals surface area contributed by atoms with Crippen LogP contribution in [0.5, 0.6) is 0 Å². The molecule has 0 atom stereocenters. The number of nitrogens with zero attached hydrogens (tertiary/aromatic N) is 4. The van der Waals surface area contributed by atoms with Crippen LogP contribution in [-0.2, 0) is 15.2 Å². The quantitative estimate of drug-likeness (QED) is 0.282. The first-order valence-electron chi connectivity index (χ1n) is 8.77. The van der Waals surface area contributed by atoms with Crippen LogP contribution in [0.2, 0.25) is 0 Å². The van der Waals surface area contributed by atoms with E-state index in [2.05, 4.69) is 10.1 Å². The molecule has 3 aromatic heterocycles. The van der Waals surface area contributed by atoms with Gasteiger partial charge in [0, 0.05) is 16.7 Å². The zero-order valence-corrected chi connectivity index (χ0v) is 18.0. The molecule has 154 valence electrons. The van der Waals surface area contributed by atoms with Crippen molar-refractivity contribution in [2.45, 2.75) is 17.8 Å². The van der Waals surface area contributed by atoms with Gasteiger partial charge in [0.1, 0.15) is 15.7 Å². The van der Waals surface area contributed by atoms with E-state index in [-0.39, 0.29) is 21.2 Å². The smallest absolute Gasteiger partial charge is 0.348 e. The van der Waals surface area contributed by atoms with Gasteiger partial charge in [0.25, 0.3) is 0 Å². The number of ether oxygens (including phenoxy) is 2. The van der Waals surface area contributed by atoms with E-state index >= 15 is 0 Å². The lowest BCUT2D eigenvalue weighted by molar-refractivity contribution is 0.0601. The molecule has 0 spiro atoms. The maximum atomic E-state index is 12.3. The normalized spacial score (nSPS) is 11.2. The number of thioether (sulfide) groups is 1. The Morgan fingerprint density at radius 1 is 1.17 bits per heavy atom. The number of carbonyl (C=O) groups is 2. The van der Waals surface area contributed by atoms with Crippen molar-refractivity contribution in [1.82, 2.24) is 19.6 Å². The Morgan fingerprint density at radius 3 is 2.63 bits per heavy atom. The van der Waals surface area contributed by atoms with E-state index in [1.54, 1.807) is 11.4 Å². The van der Waals surface area contributed by atoms with Crippen molar-refractivity contribution < 1.29 is 19.1 Å². The van der Waals surface area contributed by atoms with Crippen LogP contribution in [0.3, 0.4) is 0 Å². The van der Waals surface area contributed by atoms with Gasteiger partial charge in [-0.1, -0.05) is 23.9 Å². The minimum atomic E-state index is -0.609. The van der Waals surface area contributed by atoms with Gasteiger partial charge in [0.15, 0.2) is 10.8 Å². The summed E-state index contributed by atoms with van der Waals surface area (Å²) in [5, 5.41) is 6.10. The second-order valence-electron chi connectivity index (χ2n) is 6.23. The van der Waals surface area contributed by atoms with Crippen molar-refractivity contribution in [2.24, 2.45) is 0 Å². The number of rotatable bonds is 5. The highest BCUT2D eigenvalue weighted by Gasteiger charge is 2.27. The number of para-hydroxylation sites is 1. The summed E-state index contributed by atoms with van der Waals surface area (Å²) in [4.78, 5) is 34.0. The Morgan fingerprint density at radius 2 is 1.90 bits per heavy atom. The van der Waals surface area contributed by atoms with Gasteiger partial charge in [-0.3, -0.25) is 0 Å². The van der Waals surface area contributed by atoms with Crippen molar-refractivity contribution in [2.75, 3.05) is 20.0 Å². The average molecular weight is 444 g/mol. The summed E-state index contributed by atoms with van der Waals surface area (Å²) in [6, 6.07) is 7.64. The summed E-state index contributed by atoms with van der Waals surface area (Å²) in [5.41, 5.74) is 8.08. The Balaban J connectivity index is 1.81. The average Bonchev–Trinajstić information content (AvgIpc) is 3.30. The molecule has 0 fully saturated rings. The second-order valence-corrected chi connectivity index (χ2v) is 8.22. The molecule has 9 nitrogen and oxygen atoms in total. The number of benzene rings is 1. The molecule has 0 aliphatic carbocycles. The Kier molecular flexibility index (Phi) is 5.31. The van der Waals surface area contributed by atoms with Gasteiger partial charge in [-0.25, -0.2) is 19.6 Å². The molecule has 11 heteroatoms. The highest BCUT2D eigenvalue weighted by Crippen LogP contribution is 2.36. The van der Waals surface area contributed by atoms with E-state index in [1.807, 2.05) is 24.3 Å². The number of fused-ring (bicyclic) bond motifs is 3. The predicted molar refractivity (Wildman–Crippen MR) is 114 cm³/mol. The molecule has 0 bridgehead atoms. The number of aromatic nitrogens is 4. The van der Waals surface area contributed by atoms with Crippen LogP contribution < -0.4 is 5.73 Å². The van der Waals surface area contributed by atoms with Crippen LogP contribution in [0.1, 0.15) is 31.4 Å². The molecule has 0 aliphatic rings. The summed E-state index contributed by atoms with van der Waals surface area (Å²) >= 11 is 2.31. The molecular formula is C19H17N5O4S2. The van der Waals surface area contributed by atoms with Crippen molar-refractivity contribution in [3.8, 4) is 0 Å². The summed E-state index contributed by atoms with van der Waals surface area (Å²) < 4.78 is 11.4. The zero-order valence-electron chi connectivity index (χ0n) is 16.3. The Hall–Kier alpha value is -3.18. The molecule has 0 radical (unpaired) electrons. The lowest BCUT2D eigenvalue weighted by Crippen LogP contribution is -2.09. The first-order valence-corrected chi connectivity index (χ1v) is 10.6. The van der Waals surface area contributed by atoms with Crippen LogP contribution in [0.15, 0.2) is 29.4 Å². The lowest BCUT2D eigenvalue weighted by Gasteiger charge is -2.08. The number of thiophene rings is 1. The summed E-state index contributed by atoms with van der Waals surface area (Å²) in [6.07, 6.45) is 0. The zero-order chi connectivity index (χ0) is 21.4. The highest BCUT2D eigenvalue weighted by atomic mass is 32.2. The molecule has 0 unspecified atom stereocenters. The number of aryl methyl sites for hydroxylation is 1. The highest BCUT2D eigenvalue weighted by molar-refractivity contribution is 7.98. The third-order valence-electron chi connectivity index (χ3n) is 4.40. The monoisotopic (exact) mass is 443 g/mol. The number of carbonyl (C=O) groups excluding carboxylic acids is 2. The number of nitrogens with two attached hydrogens (primary N) is 1. The van der Waals surface area contributed by atoms with Crippen LogP contribution >= 0.6 is 23.1 Å². The van der Waals surface area contributed by atoms with E-state index in [0.717, 1.165) is 22.2 Å². The lowest BCUT2D eigenvalue weighted by atomic mass is 10.1. The van der Waals surface area contributed by atoms with Crippen molar-refractivity contribution in [3.63, 3.8) is 0 Å². The number of anilines is 1. The van der Waals surface area contributed by atoms with Crippen LogP contribution in [0.25, 0.3) is 16.6 Å². The molecule has 0 saturated heterocycles. The first kappa shape index (κ1) is 20.1. The Labute approximate surface area is 179 Å². The molecule has 30 heavy (non-hydrogen) atoms. The van der Waals surface area contributed by atoms with Crippen LogP contribution in [0.4, 0.5) is 5.00 Å². The van der Waals surface area contributed by atoms with Crippen molar-refractivity contribution >= 4 is 56.6 Å². The first-order chi connectivity index (χ1) is 14.4. The summed E-state index contributed by atoms with van der Waals surface area (Å²) in [6.45, 7) is 1.81. The largest absolute Gasteiger partial charge is 0.465 e. The van der Waals surface area contributed by atoms with Gasteiger partial charge >= 0.3 is 11.9 Å². The number of nitrogen functional groups attached to an aromatic ring is 1. The minimum absolute atomic E-state index is 0.169. The SMILES string of the molecule is COC(=O)c1sc(N)c(C(=O)OC)c1CSc1nc2ccccc2c2nc(C)nn12. The number of esters is 2. The van der Waals surface area contributed by atoms with Gasteiger partial charge in [0.2, 0.25) is 0 Å². The Bertz CT molecular complexity index is 1300. The topological polar surface area (TPSA) is 122 Å². The standard InChI is InChI=1S/C19H17N5O4S2/c1-9-21-16-10-6-4-5-7-12(10)22-19(24(16)23-9)29-8-11-13(17(25)27-2)15(20)30-14(11)18(26)28-3/h4-7H,8,20H2,1-3H3. The fourth-order valence-corrected chi connectivity index (χ4v) is 5.13. The van der Waals surface area contributed by atoms with Crippen molar-refractivity contribution in [1.29, 1.82) is 0 Å². The summed E-state index contributed by atoms with van der Waals surface area (Å²) in [5.74, 6) is -0.323. The van der Waals surface area contributed by atoms with Gasteiger partial charge in [0.05, 0.1) is 25.3 Å². The predicted octanol–water partition coefficient (Wildman–Crippen LogP) is 3.10. The molecule has 0 saturated carbocycles. The number of hydrogen-bond donors (Lipinski definition) is 1. The number of hydrogen-bond acceptors (Lipinski definition) is 10. The fourth-order valence-electron chi connectivity index (χ4n) is 3.07. The van der Waals surface area contributed by atoms with Gasteiger partial charge in [-0.15, -0.1) is 16.4 Å². The van der Waals surface area contributed by atoms with Crippen LogP contribution in [-0.4, -0.2) is 45.7 Å². The van der Waals surface area contributed by atoms with Crippen LogP contribution in [0, 0.1) is 6.92 Å². The molecule has 2 N–H and O–H groups in total. The molecule has 4 aromatic rings. The molecular weight excluding hydrogens is 426 g/mol. The third kappa shape index (κ3) is 3.35.